The summed E-state index contributed by atoms with van der Waals surface area (Å²) in [4.78, 5) is 11.3. The Labute approximate surface area is 105 Å². The molecule has 0 rings (SSSR count). The Morgan fingerprint density at radius 2 is 1.72 bits per heavy atom. The topological polar surface area (TPSA) is 127 Å². The SMILES string of the molecule is CC(=CC(O)O)C(=O)OCCC(CO)(CO)CO. The van der Waals surface area contributed by atoms with Gasteiger partial charge in [0.05, 0.1) is 26.4 Å². The van der Waals surface area contributed by atoms with Gasteiger partial charge in [0.1, 0.15) is 0 Å². The molecule has 0 aliphatic heterocycles. The third-order valence-corrected chi connectivity index (χ3v) is 2.59. The zero-order valence-electron chi connectivity index (χ0n) is 10.2. The summed E-state index contributed by atoms with van der Waals surface area (Å²) < 4.78 is 4.80. The molecule has 0 saturated carbocycles. The van der Waals surface area contributed by atoms with Crippen LogP contribution in [0, 0.1) is 5.41 Å². The summed E-state index contributed by atoms with van der Waals surface area (Å²) in [7, 11) is 0. The molecule has 7 nitrogen and oxygen atoms in total. The molecule has 0 aromatic carbocycles. The highest BCUT2D eigenvalue weighted by Gasteiger charge is 2.28. The van der Waals surface area contributed by atoms with Gasteiger partial charge in [0, 0.05) is 11.0 Å². The molecule has 0 radical (unpaired) electrons. The average Bonchev–Trinajstić information content (AvgIpc) is 2.34. The predicted molar refractivity (Wildman–Crippen MR) is 61.2 cm³/mol. The van der Waals surface area contributed by atoms with Gasteiger partial charge in [-0.1, -0.05) is 0 Å². The van der Waals surface area contributed by atoms with Crippen molar-refractivity contribution in [2.24, 2.45) is 5.41 Å². The van der Waals surface area contributed by atoms with Crippen molar-refractivity contribution in [1.82, 2.24) is 0 Å². The van der Waals surface area contributed by atoms with Gasteiger partial charge in [-0.25, -0.2) is 4.79 Å². The number of ether oxygens (including phenoxy) is 1. The monoisotopic (exact) mass is 264 g/mol. The first-order chi connectivity index (χ1) is 8.40. The lowest BCUT2D eigenvalue weighted by molar-refractivity contribution is -0.141. The van der Waals surface area contributed by atoms with Gasteiger partial charge in [-0.3, -0.25) is 0 Å². The zero-order valence-corrected chi connectivity index (χ0v) is 10.2. The van der Waals surface area contributed by atoms with Crippen molar-refractivity contribution < 1.29 is 35.1 Å². The Morgan fingerprint density at radius 1 is 1.22 bits per heavy atom. The normalized spacial score (nSPS) is 12.9. The van der Waals surface area contributed by atoms with Crippen molar-refractivity contribution >= 4 is 5.97 Å². The van der Waals surface area contributed by atoms with Gasteiger partial charge in [-0.05, 0) is 19.4 Å². The lowest BCUT2D eigenvalue weighted by Gasteiger charge is -2.26. The Morgan fingerprint density at radius 3 is 2.11 bits per heavy atom. The Bertz CT molecular complexity index is 273. The van der Waals surface area contributed by atoms with Crippen LogP contribution in [0.3, 0.4) is 0 Å². The Hall–Kier alpha value is -0.990. The second-order valence-electron chi connectivity index (χ2n) is 4.12. The second-order valence-corrected chi connectivity index (χ2v) is 4.12. The summed E-state index contributed by atoms with van der Waals surface area (Å²) in [5.41, 5.74) is -1.05. The maximum atomic E-state index is 11.3. The van der Waals surface area contributed by atoms with Crippen LogP contribution in [0.2, 0.25) is 0 Å². The minimum atomic E-state index is -1.73. The Kier molecular flexibility index (Phi) is 7.72. The molecule has 0 aromatic rings. The molecule has 0 bridgehead atoms. The summed E-state index contributed by atoms with van der Waals surface area (Å²) in [5, 5.41) is 44.3. The number of hydrogen-bond donors (Lipinski definition) is 5. The molecular formula is C11H20O7. The van der Waals surface area contributed by atoms with E-state index < -0.39 is 37.5 Å². The fraction of sp³-hybridized carbons (Fsp3) is 0.727. The summed E-state index contributed by atoms with van der Waals surface area (Å²) in [6.45, 7) is -0.0302. The molecule has 0 aliphatic carbocycles. The maximum absolute atomic E-state index is 11.3. The van der Waals surface area contributed by atoms with E-state index in [1.165, 1.54) is 6.92 Å². The lowest BCUT2D eigenvalue weighted by Crippen LogP contribution is -2.35. The molecular weight excluding hydrogens is 244 g/mol. The molecule has 0 heterocycles. The number of hydrogen-bond acceptors (Lipinski definition) is 7. The molecule has 0 amide bonds. The van der Waals surface area contributed by atoms with E-state index in [4.69, 9.17) is 30.3 Å². The average molecular weight is 264 g/mol. The Balaban J connectivity index is 4.23. The van der Waals surface area contributed by atoms with Crippen molar-refractivity contribution in [3.05, 3.63) is 11.6 Å². The predicted octanol–water partition coefficient (Wildman–Crippen LogP) is -1.86. The highest BCUT2D eigenvalue weighted by atomic mass is 16.5. The first-order valence-electron chi connectivity index (χ1n) is 5.45. The van der Waals surface area contributed by atoms with Gasteiger partial charge in [-0.15, -0.1) is 0 Å². The van der Waals surface area contributed by atoms with Crippen LogP contribution in [0.15, 0.2) is 11.6 Å². The summed E-state index contributed by atoms with van der Waals surface area (Å²) in [6, 6.07) is 0. The third-order valence-electron chi connectivity index (χ3n) is 2.59. The zero-order chi connectivity index (χ0) is 14.2. The van der Waals surface area contributed by atoms with Crippen molar-refractivity contribution in [1.29, 1.82) is 0 Å². The molecule has 0 aliphatic rings. The van der Waals surface area contributed by atoms with E-state index in [0.717, 1.165) is 6.08 Å². The molecule has 0 saturated heterocycles. The molecule has 0 aromatic heterocycles. The van der Waals surface area contributed by atoms with Gasteiger partial charge >= 0.3 is 5.97 Å². The van der Waals surface area contributed by atoms with Crippen LogP contribution in [0.25, 0.3) is 0 Å². The molecule has 0 unspecified atom stereocenters. The van der Waals surface area contributed by atoms with Crippen LogP contribution in [-0.2, 0) is 9.53 Å². The molecule has 0 fully saturated rings. The van der Waals surface area contributed by atoms with E-state index in [1.54, 1.807) is 0 Å². The number of carbonyl (C=O) groups is 1. The summed E-state index contributed by atoms with van der Waals surface area (Å²) in [6.07, 6.45) is -0.722. The van der Waals surface area contributed by atoms with Crippen molar-refractivity contribution in [2.45, 2.75) is 19.6 Å². The van der Waals surface area contributed by atoms with Gasteiger partial charge in [0.2, 0.25) is 0 Å². The lowest BCUT2D eigenvalue weighted by atomic mass is 9.88. The quantitative estimate of drug-likeness (QED) is 0.197. The molecule has 5 N–H and O–H groups in total. The molecule has 106 valence electrons. The van der Waals surface area contributed by atoms with E-state index in [-0.39, 0.29) is 18.6 Å². The highest BCUT2D eigenvalue weighted by molar-refractivity contribution is 5.87. The van der Waals surface area contributed by atoms with E-state index >= 15 is 0 Å². The smallest absolute Gasteiger partial charge is 0.333 e. The van der Waals surface area contributed by atoms with Crippen LogP contribution >= 0.6 is 0 Å². The van der Waals surface area contributed by atoms with Crippen LogP contribution in [-0.4, -0.2) is 64.2 Å². The fourth-order valence-electron chi connectivity index (χ4n) is 1.15. The fourth-order valence-corrected chi connectivity index (χ4v) is 1.15. The van der Waals surface area contributed by atoms with Gasteiger partial charge in [-0.2, -0.15) is 0 Å². The van der Waals surface area contributed by atoms with Gasteiger partial charge < -0.3 is 30.3 Å². The minimum absolute atomic E-state index is 0.0348. The standard InChI is InChI=1S/C11H20O7/c1-8(4-9(15)16)10(17)18-3-2-11(5-12,6-13)7-14/h4,9,12-16H,2-3,5-7H2,1H3. The van der Waals surface area contributed by atoms with E-state index in [1.807, 2.05) is 0 Å². The van der Waals surface area contributed by atoms with E-state index in [9.17, 15) is 4.79 Å². The summed E-state index contributed by atoms with van der Waals surface area (Å²) >= 11 is 0. The van der Waals surface area contributed by atoms with Gasteiger partial charge in [0.15, 0.2) is 6.29 Å². The van der Waals surface area contributed by atoms with Crippen molar-refractivity contribution in [3.8, 4) is 0 Å². The number of rotatable bonds is 8. The second kappa shape index (κ2) is 8.17. The van der Waals surface area contributed by atoms with Crippen molar-refractivity contribution in [3.63, 3.8) is 0 Å². The third kappa shape index (κ3) is 5.56. The van der Waals surface area contributed by atoms with Crippen LogP contribution in [0.4, 0.5) is 0 Å². The van der Waals surface area contributed by atoms with Crippen LogP contribution in [0.1, 0.15) is 13.3 Å². The molecule has 7 heteroatoms. The first kappa shape index (κ1) is 17.0. The molecule has 18 heavy (non-hydrogen) atoms. The van der Waals surface area contributed by atoms with Crippen LogP contribution < -0.4 is 0 Å². The minimum Gasteiger partial charge on any atom is -0.462 e. The number of carbonyl (C=O) groups excluding carboxylic acids is 1. The van der Waals surface area contributed by atoms with Gasteiger partial charge in [0.25, 0.3) is 0 Å². The van der Waals surface area contributed by atoms with Crippen LogP contribution in [0.5, 0.6) is 0 Å². The number of aliphatic hydroxyl groups excluding tert-OH is 4. The first-order valence-corrected chi connectivity index (χ1v) is 5.45. The van der Waals surface area contributed by atoms with Crippen molar-refractivity contribution in [2.75, 3.05) is 26.4 Å². The largest absolute Gasteiger partial charge is 0.462 e. The molecule has 0 atom stereocenters. The van der Waals surface area contributed by atoms with E-state index in [2.05, 4.69) is 0 Å². The maximum Gasteiger partial charge on any atom is 0.333 e. The number of aliphatic hydroxyl groups is 5. The van der Waals surface area contributed by atoms with E-state index in [0.29, 0.717) is 0 Å². The number of esters is 1. The molecule has 0 spiro atoms. The summed E-state index contributed by atoms with van der Waals surface area (Å²) in [5.74, 6) is -0.731. The highest BCUT2D eigenvalue weighted by Crippen LogP contribution is 2.20.